The molecule has 1 rings (SSSR count). The van der Waals surface area contributed by atoms with Gasteiger partial charge in [-0.2, -0.15) is 8.42 Å². The van der Waals surface area contributed by atoms with Crippen LogP contribution in [0.4, 0.5) is 0 Å². The highest BCUT2D eigenvalue weighted by Gasteiger charge is 2.27. The van der Waals surface area contributed by atoms with Crippen molar-refractivity contribution in [3.63, 3.8) is 0 Å². The third-order valence-electron chi connectivity index (χ3n) is 2.27. The molecule has 1 aromatic heterocycles. The summed E-state index contributed by atoms with van der Waals surface area (Å²) in [7, 11) is -3.57. The van der Waals surface area contributed by atoms with E-state index in [2.05, 4.69) is 9.17 Å². The lowest BCUT2D eigenvalue weighted by atomic mass is 10.0. The molecule has 0 fully saturated rings. The van der Waals surface area contributed by atoms with Crippen molar-refractivity contribution in [2.24, 2.45) is 0 Å². The summed E-state index contributed by atoms with van der Waals surface area (Å²) in [6.07, 6.45) is 1.69. The number of hydrogen-bond acceptors (Lipinski definition) is 5. The fourth-order valence-electron chi connectivity index (χ4n) is 1.27. The van der Waals surface area contributed by atoms with Crippen molar-refractivity contribution in [1.82, 2.24) is 4.98 Å². The van der Waals surface area contributed by atoms with Gasteiger partial charge in [-0.15, -0.1) is 0 Å². The Hall–Kier alpha value is -0.980. The Morgan fingerprint density at radius 3 is 2.65 bits per heavy atom. The van der Waals surface area contributed by atoms with Gasteiger partial charge in [0.25, 0.3) is 10.1 Å². The van der Waals surface area contributed by atoms with Crippen molar-refractivity contribution in [3.05, 3.63) is 29.6 Å². The lowest BCUT2D eigenvalue weighted by molar-refractivity contribution is 0.00618. The first-order chi connectivity index (χ1) is 7.74. The van der Waals surface area contributed by atoms with Crippen LogP contribution in [0.25, 0.3) is 0 Å². The number of aryl methyl sites for hydroxylation is 1. The van der Waals surface area contributed by atoms with E-state index in [1.165, 1.54) is 6.92 Å². The van der Waals surface area contributed by atoms with E-state index in [1.807, 2.05) is 13.0 Å². The molecule has 1 aromatic rings. The zero-order chi connectivity index (χ0) is 13.1. The molecule has 1 atom stereocenters. The van der Waals surface area contributed by atoms with Gasteiger partial charge in [0.2, 0.25) is 0 Å². The lowest BCUT2D eigenvalue weighted by Crippen LogP contribution is -2.30. The van der Waals surface area contributed by atoms with Gasteiger partial charge in [0.05, 0.1) is 11.9 Å². The summed E-state index contributed by atoms with van der Waals surface area (Å²) in [6.45, 7) is 3.08. The van der Waals surface area contributed by atoms with E-state index >= 15 is 0 Å². The van der Waals surface area contributed by atoms with Crippen molar-refractivity contribution in [2.75, 3.05) is 12.9 Å². The molecule has 0 aliphatic heterocycles. The molecule has 5 nitrogen and oxygen atoms in total. The van der Waals surface area contributed by atoms with Crippen molar-refractivity contribution in [1.29, 1.82) is 0 Å². The summed E-state index contributed by atoms with van der Waals surface area (Å²) in [6, 6.07) is 5.26. The fourth-order valence-corrected chi connectivity index (χ4v) is 1.72. The van der Waals surface area contributed by atoms with Crippen molar-refractivity contribution in [3.8, 4) is 0 Å². The minimum absolute atomic E-state index is 0.341. The molecule has 0 unspecified atom stereocenters. The van der Waals surface area contributed by atoms with E-state index < -0.39 is 15.7 Å². The maximum Gasteiger partial charge on any atom is 0.264 e. The Kier molecular flexibility index (Phi) is 4.24. The van der Waals surface area contributed by atoms with Gasteiger partial charge in [0, 0.05) is 5.69 Å². The van der Waals surface area contributed by atoms with Gasteiger partial charge in [-0.1, -0.05) is 13.0 Å². The average molecular weight is 259 g/mol. The van der Waals surface area contributed by atoms with Crippen LogP contribution >= 0.6 is 0 Å². The van der Waals surface area contributed by atoms with Crippen LogP contribution in [0.15, 0.2) is 18.2 Å². The van der Waals surface area contributed by atoms with Crippen molar-refractivity contribution in [2.45, 2.75) is 25.9 Å². The van der Waals surface area contributed by atoms with E-state index in [0.29, 0.717) is 5.69 Å². The van der Waals surface area contributed by atoms with E-state index in [-0.39, 0.29) is 6.61 Å². The molecule has 1 heterocycles. The van der Waals surface area contributed by atoms with Gasteiger partial charge in [0.15, 0.2) is 0 Å². The summed E-state index contributed by atoms with van der Waals surface area (Å²) in [5.41, 5.74) is -0.184. The molecule has 17 heavy (non-hydrogen) atoms. The standard InChI is InChI=1S/C11H17NO4S/c1-4-9-6-5-7-10(12-9)11(2,13)8-16-17(3,14)15/h5-7,13H,4,8H2,1-3H3/t11-/m1/s1. The maximum atomic E-state index is 10.9. The van der Waals surface area contributed by atoms with Crippen LogP contribution in [0.1, 0.15) is 25.2 Å². The first kappa shape index (κ1) is 14.1. The van der Waals surface area contributed by atoms with Gasteiger partial charge < -0.3 is 5.11 Å². The molecule has 0 aromatic carbocycles. The zero-order valence-corrected chi connectivity index (χ0v) is 11.0. The monoisotopic (exact) mass is 259 g/mol. The minimum Gasteiger partial charge on any atom is -0.381 e. The third-order valence-corrected chi connectivity index (χ3v) is 2.82. The second-order valence-corrected chi connectivity index (χ2v) is 5.75. The van der Waals surface area contributed by atoms with Crippen LogP contribution in [-0.4, -0.2) is 31.4 Å². The molecule has 0 saturated heterocycles. The van der Waals surface area contributed by atoms with Crippen LogP contribution in [0, 0.1) is 0 Å². The van der Waals surface area contributed by atoms with E-state index in [4.69, 9.17) is 0 Å². The van der Waals surface area contributed by atoms with E-state index in [9.17, 15) is 13.5 Å². The summed E-state index contributed by atoms with van der Waals surface area (Å²) in [5, 5.41) is 10.1. The summed E-state index contributed by atoms with van der Waals surface area (Å²) in [5.74, 6) is 0. The number of nitrogens with zero attached hydrogens (tertiary/aromatic N) is 1. The van der Waals surface area contributed by atoms with Crippen LogP contribution < -0.4 is 0 Å². The van der Waals surface area contributed by atoms with Gasteiger partial charge in [-0.25, -0.2) is 0 Å². The fraction of sp³-hybridized carbons (Fsp3) is 0.545. The number of hydrogen-bond donors (Lipinski definition) is 1. The summed E-state index contributed by atoms with van der Waals surface area (Å²) < 4.78 is 26.4. The number of rotatable bonds is 5. The average Bonchev–Trinajstić information content (AvgIpc) is 2.26. The smallest absolute Gasteiger partial charge is 0.264 e. The van der Waals surface area contributed by atoms with Crippen LogP contribution in [-0.2, 0) is 26.3 Å². The van der Waals surface area contributed by atoms with E-state index in [0.717, 1.165) is 18.4 Å². The Balaban J connectivity index is 2.88. The van der Waals surface area contributed by atoms with Gasteiger partial charge in [0.1, 0.15) is 12.2 Å². The second-order valence-electron chi connectivity index (χ2n) is 4.11. The van der Waals surface area contributed by atoms with Crippen LogP contribution in [0.5, 0.6) is 0 Å². The van der Waals surface area contributed by atoms with E-state index in [1.54, 1.807) is 12.1 Å². The van der Waals surface area contributed by atoms with Crippen molar-refractivity contribution >= 4 is 10.1 Å². The van der Waals surface area contributed by atoms with Crippen LogP contribution in [0.2, 0.25) is 0 Å². The van der Waals surface area contributed by atoms with Crippen molar-refractivity contribution < 1.29 is 17.7 Å². The van der Waals surface area contributed by atoms with Gasteiger partial charge >= 0.3 is 0 Å². The molecular formula is C11H17NO4S. The molecule has 96 valence electrons. The lowest BCUT2D eigenvalue weighted by Gasteiger charge is -2.22. The molecule has 0 amide bonds. The van der Waals surface area contributed by atoms with Gasteiger partial charge in [-0.05, 0) is 25.5 Å². The van der Waals surface area contributed by atoms with Crippen LogP contribution in [0.3, 0.4) is 0 Å². The Morgan fingerprint density at radius 1 is 1.47 bits per heavy atom. The molecule has 0 aliphatic rings. The molecule has 0 radical (unpaired) electrons. The predicted octanol–water partition coefficient (Wildman–Crippen LogP) is 0.828. The minimum atomic E-state index is -3.57. The maximum absolute atomic E-state index is 10.9. The first-order valence-electron chi connectivity index (χ1n) is 5.28. The third kappa shape index (κ3) is 4.41. The molecule has 6 heteroatoms. The Bertz CT molecular complexity index is 482. The quantitative estimate of drug-likeness (QED) is 0.792. The highest BCUT2D eigenvalue weighted by Crippen LogP contribution is 2.19. The number of pyridine rings is 1. The topological polar surface area (TPSA) is 76.5 Å². The van der Waals surface area contributed by atoms with Gasteiger partial charge in [-0.3, -0.25) is 9.17 Å². The highest BCUT2D eigenvalue weighted by molar-refractivity contribution is 7.85. The molecule has 0 aliphatic carbocycles. The largest absolute Gasteiger partial charge is 0.381 e. The number of aromatic nitrogens is 1. The normalized spacial score (nSPS) is 15.5. The Labute approximate surface area is 102 Å². The number of aliphatic hydroxyl groups is 1. The molecular weight excluding hydrogens is 242 g/mol. The summed E-state index contributed by atoms with van der Waals surface area (Å²) in [4.78, 5) is 4.24. The zero-order valence-electron chi connectivity index (χ0n) is 10.2. The predicted molar refractivity (Wildman–Crippen MR) is 64.0 cm³/mol. The molecule has 0 bridgehead atoms. The SMILES string of the molecule is CCc1cccc([C@](C)(O)COS(C)(=O)=O)n1. The molecule has 1 N–H and O–H groups in total. The highest BCUT2D eigenvalue weighted by atomic mass is 32.2. The Morgan fingerprint density at radius 2 is 2.12 bits per heavy atom. The molecule has 0 spiro atoms. The second kappa shape index (κ2) is 5.12. The first-order valence-corrected chi connectivity index (χ1v) is 7.09. The summed E-state index contributed by atoms with van der Waals surface area (Å²) >= 11 is 0. The molecule has 0 saturated carbocycles.